The van der Waals surface area contributed by atoms with E-state index >= 15 is 0 Å². The number of carbonyl (C=O) groups is 1. The fourth-order valence-electron chi connectivity index (χ4n) is 1.38. The molecule has 0 saturated carbocycles. The molecule has 1 aromatic heterocycles. The maximum Gasteiger partial charge on any atom is 0.226 e. The Morgan fingerprint density at radius 2 is 2.18 bits per heavy atom. The Balaban J connectivity index is 0. The third-order valence-electron chi connectivity index (χ3n) is 2.33. The Bertz CT molecular complexity index is 343. The number of hydrogen-bond acceptors (Lipinski definition) is 3. The zero-order valence-electron chi connectivity index (χ0n) is 10.3. The molecule has 0 aliphatic carbocycles. The van der Waals surface area contributed by atoms with E-state index in [4.69, 9.17) is 5.73 Å². The van der Waals surface area contributed by atoms with Crippen LogP contribution in [0.25, 0.3) is 0 Å². The van der Waals surface area contributed by atoms with Gasteiger partial charge < -0.3 is 10.6 Å². The van der Waals surface area contributed by atoms with E-state index in [1.165, 1.54) is 0 Å². The molecule has 100 valence electrons. The molecule has 0 radical (unpaired) electrons. The Kier molecular flexibility index (Phi) is 9.11. The summed E-state index contributed by atoms with van der Waals surface area (Å²) >= 11 is 0. The maximum atomic E-state index is 11.7. The number of hydrogen-bond donors (Lipinski definition) is 1. The van der Waals surface area contributed by atoms with Gasteiger partial charge in [-0.3, -0.25) is 9.48 Å². The van der Waals surface area contributed by atoms with Crippen molar-refractivity contribution < 1.29 is 4.79 Å². The summed E-state index contributed by atoms with van der Waals surface area (Å²) in [6, 6.07) is 0. The topological polar surface area (TPSA) is 64.2 Å². The minimum absolute atomic E-state index is 0. The van der Waals surface area contributed by atoms with Crippen molar-refractivity contribution in [2.45, 2.75) is 13.5 Å². The van der Waals surface area contributed by atoms with E-state index in [0.29, 0.717) is 13.1 Å². The first kappa shape index (κ1) is 18.6. The van der Waals surface area contributed by atoms with Crippen LogP contribution < -0.4 is 5.73 Å². The molecule has 1 heterocycles. The third kappa shape index (κ3) is 5.39. The van der Waals surface area contributed by atoms with Crippen molar-refractivity contribution in [2.75, 3.05) is 13.6 Å². The van der Waals surface area contributed by atoms with Crippen LogP contribution in [0.4, 0.5) is 0 Å². The van der Waals surface area contributed by atoms with E-state index in [1.807, 2.05) is 20.2 Å². The molecule has 1 atom stereocenters. The van der Waals surface area contributed by atoms with E-state index < -0.39 is 0 Å². The molecule has 1 aromatic rings. The summed E-state index contributed by atoms with van der Waals surface area (Å²) in [6.45, 7) is 2.80. The number of carbonyl (C=O) groups excluding carboxylic acids is 1. The van der Waals surface area contributed by atoms with Crippen LogP contribution in [0.3, 0.4) is 0 Å². The van der Waals surface area contributed by atoms with Crippen LogP contribution in [0, 0.1) is 5.92 Å². The van der Waals surface area contributed by atoms with Gasteiger partial charge in [-0.2, -0.15) is 5.10 Å². The average molecular weight is 283 g/mol. The van der Waals surface area contributed by atoms with Crippen molar-refractivity contribution in [3.8, 4) is 0 Å². The fraction of sp³-hybridized carbons (Fsp3) is 0.600. The first-order valence-electron chi connectivity index (χ1n) is 4.97. The number of aromatic nitrogens is 2. The summed E-state index contributed by atoms with van der Waals surface area (Å²) in [5, 5.41) is 4.05. The molecular weight excluding hydrogens is 263 g/mol. The molecule has 5 nitrogen and oxygen atoms in total. The Morgan fingerprint density at radius 3 is 2.59 bits per heavy atom. The van der Waals surface area contributed by atoms with E-state index in [0.717, 1.165) is 5.56 Å². The zero-order chi connectivity index (χ0) is 11.4. The molecule has 2 N–H and O–H groups in total. The van der Waals surface area contributed by atoms with E-state index in [1.54, 1.807) is 22.8 Å². The Hall–Kier alpha value is -0.780. The lowest BCUT2D eigenvalue weighted by molar-refractivity contribution is -0.133. The highest BCUT2D eigenvalue weighted by molar-refractivity contribution is 5.85. The van der Waals surface area contributed by atoms with Crippen LogP contribution in [0.2, 0.25) is 0 Å². The van der Waals surface area contributed by atoms with E-state index in [-0.39, 0.29) is 36.6 Å². The van der Waals surface area contributed by atoms with Gasteiger partial charge in [0.25, 0.3) is 0 Å². The van der Waals surface area contributed by atoms with Gasteiger partial charge in [-0.05, 0) is 0 Å². The zero-order valence-corrected chi connectivity index (χ0v) is 11.9. The second-order valence-corrected chi connectivity index (χ2v) is 3.85. The number of aryl methyl sites for hydroxylation is 1. The van der Waals surface area contributed by atoms with Crippen LogP contribution in [-0.2, 0) is 18.4 Å². The Morgan fingerprint density at radius 1 is 1.59 bits per heavy atom. The number of halogens is 2. The monoisotopic (exact) mass is 282 g/mol. The second-order valence-electron chi connectivity index (χ2n) is 3.85. The molecule has 0 fully saturated rings. The van der Waals surface area contributed by atoms with Crippen molar-refractivity contribution in [3.05, 3.63) is 18.0 Å². The lowest BCUT2D eigenvalue weighted by Crippen LogP contribution is -2.34. The number of nitrogens with two attached hydrogens (primary N) is 1. The van der Waals surface area contributed by atoms with Gasteiger partial charge >= 0.3 is 0 Å². The molecule has 1 rings (SSSR count). The predicted molar refractivity (Wildman–Crippen MR) is 72.4 cm³/mol. The minimum Gasteiger partial charge on any atom is -0.341 e. The maximum absolute atomic E-state index is 11.7. The van der Waals surface area contributed by atoms with E-state index in [2.05, 4.69) is 5.10 Å². The van der Waals surface area contributed by atoms with Gasteiger partial charge in [-0.15, -0.1) is 24.8 Å². The van der Waals surface area contributed by atoms with Crippen LogP contribution >= 0.6 is 24.8 Å². The molecule has 1 unspecified atom stereocenters. The van der Waals surface area contributed by atoms with Gasteiger partial charge in [0.2, 0.25) is 5.91 Å². The lowest BCUT2D eigenvalue weighted by Gasteiger charge is -2.19. The van der Waals surface area contributed by atoms with Crippen LogP contribution in [-0.4, -0.2) is 34.2 Å². The lowest BCUT2D eigenvalue weighted by atomic mass is 10.1. The molecular formula is C10H20Cl2N4O. The van der Waals surface area contributed by atoms with Crippen LogP contribution in [0.15, 0.2) is 12.4 Å². The van der Waals surface area contributed by atoms with Crippen LogP contribution in [0.1, 0.15) is 12.5 Å². The molecule has 0 aromatic carbocycles. The second kappa shape index (κ2) is 8.33. The molecule has 0 bridgehead atoms. The summed E-state index contributed by atoms with van der Waals surface area (Å²) < 4.78 is 1.72. The summed E-state index contributed by atoms with van der Waals surface area (Å²) in [7, 11) is 3.63. The largest absolute Gasteiger partial charge is 0.341 e. The smallest absolute Gasteiger partial charge is 0.226 e. The molecule has 17 heavy (non-hydrogen) atoms. The number of amides is 1. The quantitative estimate of drug-likeness (QED) is 0.889. The van der Waals surface area contributed by atoms with Gasteiger partial charge in [-0.1, -0.05) is 6.92 Å². The van der Waals surface area contributed by atoms with Gasteiger partial charge in [-0.25, -0.2) is 0 Å². The first-order valence-corrected chi connectivity index (χ1v) is 4.97. The van der Waals surface area contributed by atoms with Crippen LogP contribution in [0.5, 0.6) is 0 Å². The van der Waals surface area contributed by atoms with Gasteiger partial charge in [0.1, 0.15) is 0 Å². The highest BCUT2D eigenvalue weighted by atomic mass is 35.5. The standard InChI is InChI=1S/C10H18N4O.2ClH/c1-8(4-11)10(15)13(2)6-9-5-12-14(3)7-9;;/h5,7-8H,4,6,11H2,1-3H3;2*1H. The molecule has 0 saturated heterocycles. The minimum atomic E-state index is -0.119. The summed E-state index contributed by atoms with van der Waals surface area (Å²) in [4.78, 5) is 13.4. The number of rotatable bonds is 4. The summed E-state index contributed by atoms with van der Waals surface area (Å²) in [6.07, 6.45) is 3.66. The molecule has 0 spiro atoms. The van der Waals surface area contributed by atoms with Gasteiger partial charge in [0.05, 0.1) is 6.20 Å². The summed E-state index contributed by atoms with van der Waals surface area (Å²) in [5.74, 6) is -0.0481. The van der Waals surface area contributed by atoms with Gasteiger partial charge in [0.15, 0.2) is 0 Å². The molecule has 7 heteroatoms. The third-order valence-corrected chi connectivity index (χ3v) is 2.33. The molecule has 0 aliphatic rings. The number of nitrogens with zero attached hydrogens (tertiary/aromatic N) is 3. The fourth-order valence-corrected chi connectivity index (χ4v) is 1.38. The van der Waals surface area contributed by atoms with Gasteiger partial charge in [0, 0.05) is 44.9 Å². The van der Waals surface area contributed by atoms with Crippen molar-refractivity contribution in [2.24, 2.45) is 18.7 Å². The van der Waals surface area contributed by atoms with E-state index in [9.17, 15) is 4.79 Å². The predicted octanol–water partition coefficient (Wildman–Crippen LogP) is 0.817. The SMILES string of the molecule is CC(CN)C(=O)N(C)Cc1cnn(C)c1.Cl.Cl. The first-order chi connectivity index (χ1) is 7.04. The molecule has 0 aliphatic heterocycles. The van der Waals surface area contributed by atoms with Crippen molar-refractivity contribution in [3.63, 3.8) is 0 Å². The van der Waals surface area contributed by atoms with Crippen molar-refractivity contribution in [1.29, 1.82) is 0 Å². The Labute approximate surface area is 114 Å². The average Bonchev–Trinajstić information content (AvgIpc) is 2.61. The van der Waals surface area contributed by atoms with Crippen molar-refractivity contribution >= 4 is 30.7 Å². The highest BCUT2D eigenvalue weighted by Gasteiger charge is 2.16. The normalized spacial score (nSPS) is 11.1. The highest BCUT2D eigenvalue weighted by Crippen LogP contribution is 2.05. The summed E-state index contributed by atoms with van der Waals surface area (Å²) in [5.41, 5.74) is 6.47. The molecule has 1 amide bonds. The van der Waals surface area contributed by atoms with Crippen molar-refractivity contribution in [1.82, 2.24) is 14.7 Å².